The van der Waals surface area contributed by atoms with Gasteiger partial charge in [-0.1, -0.05) is 17.7 Å². The molecule has 0 unspecified atom stereocenters. The van der Waals surface area contributed by atoms with Crippen LogP contribution in [0.1, 0.15) is 51.7 Å². The standard InChI is InChI=1S/C23H20ClF2N3O5/c24-16-14(25)3-2-10(17(16)26)8-27-21(32)12-9-28-15-7-11-6-13(11)23(15)29(4-1-5-34-23)22(33)18(28)20(31)19(12)30/h2-3,9,11,13,15,31H,1,4-8H2,(H,27,32)/t11-,13-,15+,23+/m0/s1. The molecule has 4 aliphatic rings. The van der Waals surface area contributed by atoms with Crippen LogP contribution in [0.4, 0.5) is 8.78 Å². The molecule has 6 rings (SSSR count). The number of aromatic nitrogens is 1. The summed E-state index contributed by atoms with van der Waals surface area (Å²) < 4.78 is 35.3. The highest BCUT2D eigenvalue weighted by Gasteiger charge is 2.71. The van der Waals surface area contributed by atoms with Gasteiger partial charge < -0.3 is 24.6 Å². The summed E-state index contributed by atoms with van der Waals surface area (Å²) in [4.78, 5) is 40.7. The molecule has 1 aromatic heterocycles. The molecule has 3 fully saturated rings. The van der Waals surface area contributed by atoms with E-state index < -0.39 is 45.4 Å². The first-order chi connectivity index (χ1) is 16.3. The van der Waals surface area contributed by atoms with Gasteiger partial charge in [0.15, 0.2) is 17.2 Å². The van der Waals surface area contributed by atoms with Crippen LogP contribution in [0, 0.1) is 23.5 Å². The highest BCUT2D eigenvalue weighted by atomic mass is 35.5. The maximum Gasteiger partial charge on any atom is 0.276 e. The summed E-state index contributed by atoms with van der Waals surface area (Å²) >= 11 is 5.58. The fourth-order valence-corrected chi connectivity index (χ4v) is 6.11. The lowest BCUT2D eigenvalue weighted by Crippen LogP contribution is -2.65. The molecule has 2 N–H and O–H groups in total. The van der Waals surface area contributed by atoms with Gasteiger partial charge in [0.25, 0.3) is 11.8 Å². The molecular formula is C23H20ClF2N3O5. The summed E-state index contributed by atoms with van der Waals surface area (Å²) in [5.41, 5.74) is -2.44. The van der Waals surface area contributed by atoms with Crippen molar-refractivity contribution >= 4 is 23.4 Å². The van der Waals surface area contributed by atoms with Crippen LogP contribution in [0.3, 0.4) is 0 Å². The summed E-state index contributed by atoms with van der Waals surface area (Å²) in [6.45, 7) is 0.615. The van der Waals surface area contributed by atoms with Crippen LogP contribution in [0.2, 0.25) is 5.02 Å². The van der Waals surface area contributed by atoms with Crippen molar-refractivity contribution in [2.24, 2.45) is 11.8 Å². The summed E-state index contributed by atoms with van der Waals surface area (Å²) in [6.07, 6.45) is 3.59. The Morgan fingerprint density at radius 3 is 2.88 bits per heavy atom. The van der Waals surface area contributed by atoms with E-state index >= 15 is 0 Å². The molecule has 2 aliphatic carbocycles. The van der Waals surface area contributed by atoms with Gasteiger partial charge in [0.1, 0.15) is 22.2 Å². The minimum Gasteiger partial charge on any atom is -0.503 e. The lowest BCUT2D eigenvalue weighted by molar-refractivity contribution is -0.202. The fraction of sp³-hybridized carbons (Fsp3) is 0.435. The monoisotopic (exact) mass is 491 g/mol. The number of hydrogen-bond donors (Lipinski definition) is 2. The first-order valence-corrected chi connectivity index (χ1v) is 11.5. The third-order valence-electron chi connectivity index (χ3n) is 7.53. The molecule has 1 aromatic carbocycles. The molecule has 0 radical (unpaired) electrons. The molecule has 3 heterocycles. The molecule has 2 aromatic rings. The zero-order valence-electron chi connectivity index (χ0n) is 17.8. The van der Waals surface area contributed by atoms with Crippen LogP contribution in [-0.4, -0.2) is 45.3 Å². The Labute approximate surface area is 197 Å². The number of benzene rings is 1. The number of pyridine rings is 1. The first-order valence-electron chi connectivity index (χ1n) is 11.1. The van der Waals surface area contributed by atoms with Crippen molar-refractivity contribution in [2.75, 3.05) is 13.2 Å². The van der Waals surface area contributed by atoms with Crippen molar-refractivity contribution in [1.29, 1.82) is 0 Å². The number of nitrogens with zero attached hydrogens (tertiary/aromatic N) is 2. The molecule has 4 atom stereocenters. The van der Waals surface area contributed by atoms with Crippen molar-refractivity contribution < 1.29 is 28.2 Å². The number of carbonyl (C=O) groups is 2. The summed E-state index contributed by atoms with van der Waals surface area (Å²) in [6, 6.07) is 1.77. The van der Waals surface area contributed by atoms with Gasteiger partial charge in [0.2, 0.25) is 5.43 Å². The van der Waals surface area contributed by atoms with Gasteiger partial charge in [-0.2, -0.15) is 0 Å². The van der Waals surface area contributed by atoms with Gasteiger partial charge in [0, 0.05) is 30.8 Å². The second-order valence-corrected chi connectivity index (χ2v) is 9.64. The van der Waals surface area contributed by atoms with Crippen LogP contribution >= 0.6 is 11.6 Å². The van der Waals surface area contributed by atoms with Crippen molar-refractivity contribution in [3.8, 4) is 5.75 Å². The normalized spacial score (nSPS) is 28.6. The van der Waals surface area contributed by atoms with Gasteiger partial charge in [0.05, 0.1) is 12.6 Å². The van der Waals surface area contributed by atoms with E-state index in [-0.39, 0.29) is 35.3 Å². The number of rotatable bonds is 3. The van der Waals surface area contributed by atoms with Crippen molar-refractivity contribution in [2.45, 2.75) is 37.6 Å². The van der Waals surface area contributed by atoms with Crippen LogP contribution in [0.25, 0.3) is 0 Å². The smallest absolute Gasteiger partial charge is 0.276 e. The lowest BCUT2D eigenvalue weighted by atomic mass is 9.92. The predicted octanol–water partition coefficient (Wildman–Crippen LogP) is 2.57. The maximum atomic E-state index is 14.2. The second kappa shape index (κ2) is 7.26. The Balaban J connectivity index is 1.37. The topological polar surface area (TPSA) is 101 Å². The van der Waals surface area contributed by atoms with E-state index in [1.165, 1.54) is 10.8 Å². The summed E-state index contributed by atoms with van der Waals surface area (Å²) in [5, 5.41) is 12.4. The Hall–Kier alpha value is -2.98. The van der Waals surface area contributed by atoms with Crippen LogP contribution in [0.5, 0.6) is 5.75 Å². The van der Waals surface area contributed by atoms with Crippen LogP contribution in [-0.2, 0) is 11.3 Å². The molecule has 11 heteroatoms. The molecule has 34 heavy (non-hydrogen) atoms. The molecule has 1 saturated heterocycles. The van der Waals surface area contributed by atoms with Crippen LogP contribution < -0.4 is 10.7 Å². The highest BCUT2D eigenvalue weighted by molar-refractivity contribution is 6.30. The second-order valence-electron chi connectivity index (χ2n) is 9.26. The van der Waals surface area contributed by atoms with E-state index in [0.717, 1.165) is 18.6 Å². The number of hydrogen-bond acceptors (Lipinski definition) is 5. The van der Waals surface area contributed by atoms with Gasteiger partial charge in [-0.3, -0.25) is 14.4 Å². The van der Waals surface area contributed by atoms with E-state index in [9.17, 15) is 28.3 Å². The number of aromatic hydroxyl groups is 1. The third-order valence-corrected chi connectivity index (χ3v) is 7.88. The van der Waals surface area contributed by atoms with Gasteiger partial charge in [-0.15, -0.1) is 0 Å². The number of fused-ring (bicyclic) bond motifs is 3. The Bertz CT molecular complexity index is 1330. The average Bonchev–Trinajstić information content (AvgIpc) is 3.55. The molecule has 2 aliphatic heterocycles. The van der Waals surface area contributed by atoms with E-state index in [2.05, 4.69) is 5.32 Å². The van der Waals surface area contributed by atoms with Crippen molar-refractivity contribution in [3.63, 3.8) is 0 Å². The highest BCUT2D eigenvalue weighted by Crippen LogP contribution is 2.66. The van der Waals surface area contributed by atoms with Crippen molar-refractivity contribution in [1.82, 2.24) is 14.8 Å². The third kappa shape index (κ3) is 2.75. The number of nitrogens with one attached hydrogen (secondary N) is 1. The molecule has 2 saturated carbocycles. The molecule has 8 nitrogen and oxygen atoms in total. The fourth-order valence-electron chi connectivity index (χ4n) is 5.92. The van der Waals surface area contributed by atoms with Gasteiger partial charge in [-0.25, -0.2) is 8.78 Å². The SMILES string of the molecule is O=C(NCc1ccc(F)c(Cl)c1F)c1cn2c(c(O)c1=O)C(=O)N1CCCO[C@@]13[C@H]1C[C@H]1C[C@@H]23. The van der Waals surface area contributed by atoms with E-state index in [1.54, 1.807) is 4.90 Å². The van der Waals surface area contributed by atoms with E-state index in [1.807, 2.05) is 0 Å². The molecule has 1 spiro atoms. The number of amides is 2. The average molecular weight is 492 g/mol. The Morgan fingerprint density at radius 1 is 1.29 bits per heavy atom. The predicted molar refractivity (Wildman–Crippen MR) is 114 cm³/mol. The molecular weight excluding hydrogens is 472 g/mol. The van der Waals surface area contributed by atoms with Crippen molar-refractivity contribution in [3.05, 3.63) is 62.0 Å². The summed E-state index contributed by atoms with van der Waals surface area (Å²) in [5.74, 6) is -3.55. The molecule has 178 valence electrons. The van der Waals surface area contributed by atoms with Crippen LogP contribution in [0.15, 0.2) is 23.1 Å². The Kier molecular flexibility index (Phi) is 4.60. The molecule has 2 amide bonds. The summed E-state index contributed by atoms with van der Waals surface area (Å²) in [7, 11) is 0. The van der Waals surface area contributed by atoms with Gasteiger partial charge >= 0.3 is 0 Å². The number of ether oxygens (including phenoxy) is 1. The first kappa shape index (κ1) is 21.5. The quantitative estimate of drug-likeness (QED) is 0.643. The Morgan fingerprint density at radius 2 is 2.09 bits per heavy atom. The lowest BCUT2D eigenvalue weighted by Gasteiger charge is -2.53. The van der Waals surface area contributed by atoms with E-state index in [4.69, 9.17) is 16.3 Å². The maximum absolute atomic E-state index is 14.2. The number of halogens is 3. The van der Waals surface area contributed by atoms with E-state index in [0.29, 0.717) is 31.9 Å². The number of carbonyl (C=O) groups excluding carboxylic acids is 2. The largest absolute Gasteiger partial charge is 0.503 e. The zero-order valence-corrected chi connectivity index (χ0v) is 18.6. The zero-order chi connectivity index (χ0) is 23.9. The minimum absolute atomic E-state index is 0.0710. The minimum atomic E-state index is -1.01. The van der Waals surface area contributed by atoms with Gasteiger partial charge in [-0.05, 0) is 31.2 Å². The molecule has 0 bridgehead atoms.